The van der Waals surface area contributed by atoms with Gasteiger partial charge in [0, 0.05) is 29.3 Å². The van der Waals surface area contributed by atoms with Crippen LogP contribution >= 0.6 is 23.2 Å². The van der Waals surface area contributed by atoms with E-state index in [1.807, 2.05) is 26.0 Å². The van der Waals surface area contributed by atoms with E-state index < -0.39 is 0 Å². The van der Waals surface area contributed by atoms with Gasteiger partial charge in [-0.15, -0.1) is 23.2 Å². The molecule has 0 aromatic carbocycles. The number of hydrogen-bond acceptors (Lipinski definition) is 2. The van der Waals surface area contributed by atoms with Crippen LogP contribution in [0.5, 0.6) is 0 Å². The molecule has 78 valence electrons. The van der Waals surface area contributed by atoms with E-state index in [1.165, 1.54) is 0 Å². The summed E-state index contributed by atoms with van der Waals surface area (Å²) in [5.74, 6) is 0.940. The van der Waals surface area contributed by atoms with Gasteiger partial charge in [-0.1, -0.05) is 0 Å². The fourth-order valence-electron chi connectivity index (χ4n) is 1.07. The summed E-state index contributed by atoms with van der Waals surface area (Å²) in [5, 5.41) is 3.29. The Morgan fingerprint density at radius 2 is 2.07 bits per heavy atom. The number of hydrogen-bond donors (Lipinski definition) is 1. The van der Waals surface area contributed by atoms with E-state index in [4.69, 9.17) is 23.2 Å². The first-order valence-corrected chi connectivity index (χ1v) is 5.49. The highest BCUT2D eigenvalue weighted by atomic mass is 35.5. The molecule has 0 aliphatic carbocycles. The number of halogens is 2. The van der Waals surface area contributed by atoms with Crippen LogP contribution in [0.2, 0.25) is 0 Å². The summed E-state index contributed by atoms with van der Waals surface area (Å²) in [5.41, 5.74) is 1.71. The molecule has 0 amide bonds. The van der Waals surface area contributed by atoms with E-state index in [0.29, 0.717) is 11.8 Å². The summed E-state index contributed by atoms with van der Waals surface area (Å²) in [6, 6.07) is 3.88. The predicted octanol–water partition coefficient (Wildman–Crippen LogP) is 3.04. The Morgan fingerprint density at radius 1 is 1.43 bits per heavy atom. The Bertz CT molecular complexity index is 298. The zero-order chi connectivity index (χ0) is 10.6. The van der Waals surface area contributed by atoms with Gasteiger partial charge in [0.2, 0.25) is 0 Å². The van der Waals surface area contributed by atoms with Crippen LogP contribution in [0.25, 0.3) is 0 Å². The van der Waals surface area contributed by atoms with Crippen LogP contribution in [0.1, 0.15) is 12.6 Å². The Hall–Kier alpha value is -0.470. The van der Waals surface area contributed by atoms with Crippen molar-refractivity contribution in [3.63, 3.8) is 0 Å². The highest BCUT2D eigenvalue weighted by Gasteiger charge is 2.21. The van der Waals surface area contributed by atoms with Gasteiger partial charge in [-0.05, 0) is 26.0 Å². The third-order valence-corrected chi connectivity index (χ3v) is 3.11. The Morgan fingerprint density at radius 3 is 2.57 bits per heavy atom. The maximum Gasteiger partial charge on any atom is 0.0615 e. The van der Waals surface area contributed by atoms with Crippen molar-refractivity contribution < 1.29 is 0 Å². The molecule has 1 rings (SSSR count). The first kappa shape index (κ1) is 11.6. The maximum absolute atomic E-state index is 5.84. The highest BCUT2D eigenvalue weighted by molar-refractivity contribution is 6.22. The maximum atomic E-state index is 5.84. The van der Waals surface area contributed by atoms with Gasteiger partial charge in [0.25, 0.3) is 0 Å². The molecule has 14 heavy (non-hydrogen) atoms. The lowest BCUT2D eigenvalue weighted by Gasteiger charge is -2.27. The summed E-state index contributed by atoms with van der Waals surface area (Å²) in [7, 11) is 0. The van der Waals surface area contributed by atoms with Gasteiger partial charge >= 0.3 is 0 Å². The van der Waals surface area contributed by atoms with Gasteiger partial charge < -0.3 is 5.32 Å². The molecule has 0 fully saturated rings. The molecule has 0 saturated heterocycles. The van der Waals surface area contributed by atoms with Crippen molar-refractivity contribution in [1.29, 1.82) is 0 Å². The second kappa shape index (κ2) is 4.85. The van der Waals surface area contributed by atoms with Crippen molar-refractivity contribution in [3.05, 3.63) is 24.0 Å². The molecule has 0 atom stereocenters. The smallest absolute Gasteiger partial charge is 0.0615 e. The molecule has 0 aliphatic rings. The fraction of sp³-hybridized carbons (Fsp3) is 0.500. The Balaban J connectivity index is 2.77. The largest absolute Gasteiger partial charge is 0.377 e. The summed E-state index contributed by atoms with van der Waals surface area (Å²) >= 11 is 11.7. The minimum atomic E-state index is -0.267. The summed E-state index contributed by atoms with van der Waals surface area (Å²) in [6.45, 7) is 3.94. The van der Waals surface area contributed by atoms with Crippen molar-refractivity contribution in [2.24, 2.45) is 0 Å². The standard InChI is InChI=1S/C10H14Cl2N2/c1-8-5-9(3-4-13-8)14-10(2,6-11)7-12/h3-5H,6-7H2,1-2H3,(H,13,14). The summed E-state index contributed by atoms with van der Waals surface area (Å²) in [6.07, 6.45) is 1.76. The minimum Gasteiger partial charge on any atom is -0.377 e. The average molecular weight is 233 g/mol. The molecule has 1 aromatic heterocycles. The van der Waals surface area contributed by atoms with E-state index >= 15 is 0 Å². The number of pyridine rings is 1. The number of rotatable bonds is 4. The SMILES string of the molecule is Cc1cc(NC(C)(CCl)CCl)ccn1. The Labute approximate surface area is 94.6 Å². The molecule has 0 saturated carbocycles. The molecule has 0 bridgehead atoms. The van der Waals surface area contributed by atoms with Crippen LogP contribution < -0.4 is 5.32 Å². The van der Waals surface area contributed by atoms with Crippen LogP contribution in [-0.2, 0) is 0 Å². The highest BCUT2D eigenvalue weighted by Crippen LogP contribution is 2.18. The monoisotopic (exact) mass is 232 g/mol. The topological polar surface area (TPSA) is 24.9 Å². The van der Waals surface area contributed by atoms with Gasteiger partial charge in [0.1, 0.15) is 0 Å². The quantitative estimate of drug-likeness (QED) is 0.808. The predicted molar refractivity (Wildman–Crippen MR) is 62.4 cm³/mol. The number of nitrogens with zero attached hydrogens (tertiary/aromatic N) is 1. The van der Waals surface area contributed by atoms with Crippen molar-refractivity contribution in [2.45, 2.75) is 19.4 Å². The third-order valence-electron chi connectivity index (χ3n) is 1.93. The molecular weight excluding hydrogens is 219 g/mol. The van der Waals surface area contributed by atoms with Crippen molar-refractivity contribution in [3.8, 4) is 0 Å². The number of aromatic nitrogens is 1. The number of anilines is 1. The van der Waals surface area contributed by atoms with Crippen molar-refractivity contribution >= 4 is 28.9 Å². The first-order chi connectivity index (χ1) is 6.59. The lowest BCUT2D eigenvalue weighted by atomic mass is 10.1. The normalized spacial score (nSPS) is 11.4. The van der Waals surface area contributed by atoms with E-state index in [2.05, 4.69) is 10.3 Å². The lowest BCUT2D eigenvalue weighted by molar-refractivity contribution is 0.649. The minimum absolute atomic E-state index is 0.267. The molecule has 0 radical (unpaired) electrons. The van der Waals surface area contributed by atoms with Crippen LogP contribution in [0.3, 0.4) is 0 Å². The van der Waals surface area contributed by atoms with Gasteiger partial charge in [0.05, 0.1) is 5.54 Å². The number of alkyl halides is 2. The van der Waals surface area contributed by atoms with E-state index in [-0.39, 0.29) is 5.54 Å². The fourth-order valence-corrected chi connectivity index (χ4v) is 1.49. The van der Waals surface area contributed by atoms with Crippen LogP contribution in [-0.4, -0.2) is 22.3 Å². The second-order valence-electron chi connectivity index (χ2n) is 3.64. The molecule has 2 nitrogen and oxygen atoms in total. The first-order valence-electron chi connectivity index (χ1n) is 4.42. The summed E-state index contributed by atoms with van der Waals surface area (Å²) in [4.78, 5) is 4.12. The molecule has 0 aliphatic heterocycles. The van der Waals surface area contributed by atoms with Gasteiger partial charge in [-0.3, -0.25) is 4.98 Å². The average Bonchev–Trinajstić information content (AvgIpc) is 2.18. The molecular formula is C10H14Cl2N2. The van der Waals surface area contributed by atoms with Crippen molar-refractivity contribution in [1.82, 2.24) is 4.98 Å². The van der Waals surface area contributed by atoms with E-state index in [9.17, 15) is 0 Å². The van der Waals surface area contributed by atoms with Crippen LogP contribution in [0.15, 0.2) is 18.3 Å². The van der Waals surface area contributed by atoms with Gasteiger partial charge in [-0.2, -0.15) is 0 Å². The zero-order valence-corrected chi connectivity index (χ0v) is 9.86. The lowest BCUT2D eigenvalue weighted by Crippen LogP contribution is -2.38. The molecule has 1 heterocycles. The zero-order valence-electron chi connectivity index (χ0n) is 8.35. The molecule has 0 spiro atoms. The molecule has 0 unspecified atom stereocenters. The number of nitrogens with one attached hydrogen (secondary N) is 1. The third kappa shape index (κ3) is 3.03. The molecule has 1 aromatic rings. The van der Waals surface area contributed by atoms with Crippen LogP contribution in [0, 0.1) is 6.92 Å². The van der Waals surface area contributed by atoms with Crippen LogP contribution in [0.4, 0.5) is 5.69 Å². The number of aryl methyl sites for hydroxylation is 1. The van der Waals surface area contributed by atoms with Crippen molar-refractivity contribution in [2.75, 3.05) is 17.1 Å². The van der Waals surface area contributed by atoms with Gasteiger partial charge in [-0.25, -0.2) is 0 Å². The molecule has 4 heteroatoms. The second-order valence-corrected chi connectivity index (χ2v) is 4.17. The Kier molecular flexibility index (Phi) is 4.02. The van der Waals surface area contributed by atoms with E-state index in [1.54, 1.807) is 6.20 Å². The van der Waals surface area contributed by atoms with Gasteiger partial charge in [0.15, 0.2) is 0 Å². The van der Waals surface area contributed by atoms with E-state index in [0.717, 1.165) is 11.4 Å². The summed E-state index contributed by atoms with van der Waals surface area (Å²) < 4.78 is 0. The molecule has 1 N–H and O–H groups in total.